The predicted molar refractivity (Wildman–Crippen MR) is 132 cm³/mol. The summed E-state index contributed by atoms with van der Waals surface area (Å²) in [5.74, 6) is 2.89. The Balaban J connectivity index is 1.44. The molecule has 0 aliphatic heterocycles. The molecule has 10 atom stereocenters. The first-order valence-electron chi connectivity index (χ1n) is 13.5. The van der Waals surface area contributed by atoms with Gasteiger partial charge in [0.15, 0.2) is 5.78 Å². The lowest BCUT2D eigenvalue weighted by Gasteiger charge is -2.63. The smallest absolute Gasteiger partial charge is 0.404 e. The van der Waals surface area contributed by atoms with Gasteiger partial charge in [-0.05, 0) is 91.3 Å². The highest BCUT2D eigenvalue weighted by molar-refractivity contribution is 5.87. The maximum absolute atomic E-state index is 13.1. The number of aliphatic hydroxyl groups is 1. The van der Waals surface area contributed by atoms with Crippen molar-refractivity contribution < 1.29 is 23.1 Å². The average molecular weight is 497 g/mol. The molecule has 0 aromatic carbocycles. The zero-order valence-electron chi connectivity index (χ0n) is 21.7. The van der Waals surface area contributed by atoms with Gasteiger partial charge >= 0.3 is 6.18 Å². The molecule has 4 saturated carbocycles. The first-order valence-corrected chi connectivity index (χ1v) is 13.5. The lowest BCUT2D eigenvalue weighted by Crippen LogP contribution is -2.62. The van der Waals surface area contributed by atoms with Crippen LogP contribution in [-0.4, -0.2) is 35.9 Å². The minimum atomic E-state index is -4.57. The normalized spacial score (nSPS) is 46.2. The predicted octanol–water partition coefficient (Wildman–Crippen LogP) is 5.93. The van der Waals surface area contributed by atoms with Gasteiger partial charge in [0.25, 0.3) is 0 Å². The molecule has 4 aliphatic carbocycles. The quantitative estimate of drug-likeness (QED) is 0.447. The van der Waals surface area contributed by atoms with Gasteiger partial charge in [-0.15, -0.1) is 0 Å². The van der Waals surface area contributed by atoms with Crippen molar-refractivity contribution in [3.05, 3.63) is 11.8 Å². The van der Waals surface area contributed by atoms with Crippen LogP contribution in [0.5, 0.6) is 0 Å². The third-order valence-electron chi connectivity index (χ3n) is 11.0. The van der Waals surface area contributed by atoms with Crippen molar-refractivity contribution >= 4 is 12.0 Å². The summed E-state index contributed by atoms with van der Waals surface area (Å²) in [6.07, 6.45) is 4.70. The van der Waals surface area contributed by atoms with Crippen LogP contribution >= 0.6 is 0 Å². The third kappa shape index (κ3) is 4.59. The SMILES string of the molecule is CC1CCC2(C)C(O)C(CC3C(C)CCC4(C)C(C(=O)CN=CC(=CN)C(F)(F)F)CCC34)C2C1. The zero-order valence-corrected chi connectivity index (χ0v) is 21.7. The summed E-state index contributed by atoms with van der Waals surface area (Å²) < 4.78 is 38.6. The number of nitrogens with zero attached hydrogens (tertiary/aromatic N) is 1. The lowest BCUT2D eigenvalue weighted by molar-refractivity contribution is -0.207. The Morgan fingerprint density at radius 1 is 1.06 bits per heavy atom. The first-order chi connectivity index (χ1) is 16.3. The highest BCUT2D eigenvalue weighted by Crippen LogP contribution is 2.65. The van der Waals surface area contributed by atoms with Crippen LogP contribution < -0.4 is 5.73 Å². The number of hydrogen-bond acceptors (Lipinski definition) is 4. The van der Waals surface area contributed by atoms with E-state index in [0.717, 1.165) is 44.4 Å². The molecular weight excluding hydrogens is 453 g/mol. The fourth-order valence-electron chi connectivity index (χ4n) is 8.75. The van der Waals surface area contributed by atoms with Crippen LogP contribution in [0.3, 0.4) is 0 Å². The van der Waals surface area contributed by atoms with Gasteiger partial charge in [0.2, 0.25) is 0 Å². The van der Waals surface area contributed by atoms with Gasteiger partial charge in [0.1, 0.15) is 0 Å². The van der Waals surface area contributed by atoms with Crippen molar-refractivity contribution in [2.75, 3.05) is 6.54 Å². The van der Waals surface area contributed by atoms with Crippen LogP contribution in [-0.2, 0) is 4.79 Å². The molecular formula is C28H43F3N2O2. The number of allylic oxidation sites excluding steroid dienone is 1. The van der Waals surface area contributed by atoms with E-state index >= 15 is 0 Å². The maximum Gasteiger partial charge on any atom is 0.419 e. The van der Waals surface area contributed by atoms with Gasteiger partial charge in [0.05, 0.1) is 18.2 Å². The summed E-state index contributed by atoms with van der Waals surface area (Å²) in [6.45, 7) is 8.92. The number of Topliss-reactive ketones (excluding diaryl/α,β-unsaturated/α-hetero) is 1. The standard InChI is InChI=1S/C28H43F3N2O2/c1-16-7-9-27(4)23(11-16)20(25(27)35)12-19-17(2)8-10-26(3)21(19)5-6-22(26)24(34)15-33-14-18(13-32)28(29,30)31/h13-14,16-17,19-23,25,35H,5-12,15,32H2,1-4H3. The molecule has 10 unspecified atom stereocenters. The van der Waals surface area contributed by atoms with Gasteiger partial charge in [-0.3, -0.25) is 9.79 Å². The summed E-state index contributed by atoms with van der Waals surface area (Å²) in [6, 6.07) is 0. The molecule has 4 nitrogen and oxygen atoms in total. The fraction of sp³-hybridized carbons (Fsp3) is 0.857. The number of carbonyl (C=O) groups excluding carboxylic acids is 1. The van der Waals surface area contributed by atoms with Crippen molar-refractivity contribution in [3.63, 3.8) is 0 Å². The van der Waals surface area contributed by atoms with Crippen LogP contribution in [0.4, 0.5) is 13.2 Å². The van der Waals surface area contributed by atoms with Gasteiger partial charge < -0.3 is 10.8 Å². The maximum atomic E-state index is 13.1. The van der Waals surface area contributed by atoms with E-state index in [1.54, 1.807) is 0 Å². The molecule has 0 aromatic heterocycles. The molecule has 198 valence electrons. The Morgan fingerprint density at radius 2 is 1.74 bits per heavy atom. The minimum Gasteiger partial charge on any atom is -0.404 e. The number of rotatable bonds is 6. The largest absolute Gasteiger partial charge is 0.419 e. The highest BCUT2D eigenvalue weighted by Gasteiger charge is 2.62. The van der Waals surface area contributed by atoms with Crippen molar-refractivity contribution in [1.82, 2.24) is 0 Å². The summed E-state index contributed by atoms with van der Waals surface area (Å²) in [4.78, 5) is 17.0. The Hall–Kier alpha value is -1.37. The van der Waals surface area contributed by atoms with Crippen LogP contribution in [0.1, 0.15) is 79.1 Å². The highest BCUT2D eigenvalue weighted by atomic mass is 19.4. The van der Waals surface area contributed by atoms with Crippen molar-refractivity contribution in [3.8, 4) is 0 Å². The van der Waals surface area contributed by atoms with E-state index in [9.17, 15) is 23.1 Å². The van der Waals surface area contributed by atoms with E-state index in [1.165, 1.54) is 12.8 Å². The van der Waals surface area contributed by atoms with Crippen LogP contribution in [0, 0.1) is 52.3 Å². The van der Waals surface area contributed by atoms with Crippen molar-refractivity contribution in [1.29, 1.82) is 0 Å². The van der Waals surface area contributed by atoms with E-state index in [4.69, 9.17) is 5.73 Å². The second-order valence-electron chi connectivity index (χ2n) is 12.8. The molecule has 0 amide bonds. The van der Waals surface area contributed by atoms with Crippen LogP contribution in [0.25, 0.3) is 0 Å². The number of carbonyl (C=O) groups is 1. The van der Waals surface area contributed by atoms with Gasteiger partial charge in [-0.2, -0.15) is 13.2 Å². The summed E-state index contributed by atoms with van der Waals surface area (Å²) in [7, 11) is 0. The Morgan fingerprint density at radius 3 is 2.40 bits per heavy atom. The Bertz CT molecular complexity index is 871. The van der Waals surface area contributed by atoms with E-state index in [0.29, 0.717) is 42.0 Å². The number of hydrogen-bond donors (Lipinski definition) is 2. The molecule has 0 bridgehead atoms. The van der Waals surface area contributed by atoms with E-state index in [1.807, 2.05) is 0 Å². The Labute approximate surface area is 208 Å². The lowest BCUT2D eigenvalue weighted by atomic mass is 9.43. The number of aliphatic hydroxyl groups excluding tert-OH is 1. The van der Waals surface area contributed by atoms with Crippen LogP contribution in [0.15, 0.2) is 16.8 Å². The molecule has 0 aromatic rings. The summed E-state index contributed by atoms with van der Waals surface area (Å²) >= 11 is 0. The Kier molecular flexibility index (Phi) is 7.24. The molecule has 3 N–H and O–H groups in total. The number of halogens is 3. The summed E-state index contributed by atoms with van der Waals surface area (Å²) in [5, 5.41) is 11.2. The first kappa shape index (κ1) is 26.7. The van der Waals surface area contributed by atoms with Gasteiger partial charge in [-0.25, -0.2) is 0 Å². The molecule has 7 heteroatoms. The molecule has 0 heterocycles. The second kappa shape index (κ2) is 9.50. The average Bonchev–Trinajstić information content (AvgIpc) is 3.14. The van der Waals surface area contributed by atoms with Crippen LogP contribution in [0.2, 0.25) is 0 Å². The van der Waals surface area contributed by atoms with Crippen molar-refractivity contribution in [2.24, 2.45) is 63.0 Å². The van der Waals surface area contributed by atoms with Gasteiger partial charge in [-0.1, -0.05) is 34.1 Å². The molecule has 0 radical (unpaired) electrons. The monoisotopic (exact) mass is 496 g/mol. The molecule has 35 heavy (non-hydrogen) atoms. The number of aliphatic imine (C=N–C) groups is 1. The number of alkyl halides is 3. The molecule has 0 spiro atoms. The van der Waals surface area contributed by atoms with E-state index < -0.39 is 11.7 Å². The molecule has 4 fully saturated rings. The van der Waals surface area contributed by atoms with Gasteiger partial charge in [0, 0.05) is 18.3 Å². The molecule has 0 saturated heterocycles. The van der Waals surface area contributed by atoms with Crippen molar-refractivity contribution in [2.45, 2.75) is 91.3 Å². The number of nitrogens with two attached hydrogens (primary N) is 1. The minimum absolute atomic E-state index is 0.0598. The fourth-order valence-corrected chi connectivity index (χ4v) is 8.75. The topological polar surface area (TPSA) is 75.7 Å². The number of ketones is 1. The third-order valence-corrected chi connectivity index (χ3v) is 11.0. The van der Waals surface area contributed by atoms with E-state index in [-0.39, 0.29) is 35.2 Å². The zero-order chi connectivity index (χ0) is 25.8. The summed E-state index contributed by atoms with van der Waals surface area (Å²) in [5.41, 5.74) is 3.98. The molecule has 4 aliphatic rings. The van der Waals surface area contributed by atoms with E-state index in [2.05, 4.69) is 32.7 Å². The number of fused-ring (bicyclic) bond motifs is 2. The molecule has 4 rings (SSSR count). The second-order valence-corrected chi connectivity index (χ2v) is 12.8.